The Morgan fingerprint density at radius 3 is 2.31 bits per heavy atom. The lowest BCUT2D eigenvalue weighted by molar-refractivity contribution is 0.0576. The number of likely N-dealkylation sites (tertiary alicyclic amines) is 1. The summed E-state index contributed by atoms with van der Waals surface area (Å²) < 4.78 is 20.3. The van der Waals surface area contributed by atoms with Crippen LogP contribution in [-0.2, 0) is 13.8 Å². The maximum atomic E-state index is 8.84. The van der Waals surface area contributed by atoms with Crippen LogP contribution >= 0.6 is 8.53 Å². The van der Waals surface area contributed by atoms with Crippen LogP contribution in [0.5, 0.6) is 0 Å². The topological polar surface area (TPSA) is 58.0 Å². The third kappa shape index (κ3) is 7.03. The van der Waals surface area contributed by atoms with Crippen LogP contribution in [0.25, 0.3) is 0 Å². The molecular weight excluding hydrogens is 349 g/mol. The normalized spacial score (nSPS) is 23.2. The van der Waals surface area contributed by atoms with E-state index in [1.165, 1.54) is 0 Å². The van der Waals surface area contributed by atoms with E-state index in [-0.39, 0.29) is 11.6 Å². The molecule has 0 radical (unpaired) electrons. The molecule has 1 heterocycles. The summed E-state index contributed by atoms with van der Waals surface area (Å²) >= 11 is 0. The monoisotopic (exact) mass is 387 g/mol. The number of ether oxygens (including phenoxy) is 1. The Hall–Kier alpha value is -0.280. The molecule has 0 bridgehead atoms. The minimum Gasteiger partial charge on any atom is -0.383 e. The van der Waals surface area contributed by atoms with E-state index in [9.17, 15) is 0 Å². The number of rotatable bonds is 10. The van der Waals surface area contributed by atoms with Crippen molar-refractivity contribution in [1.82, 2.24) is 9.57 Å². The van der Waals surface area contributed by atoms with E-state index < -0.39 is 8.53 Å². The van der Waals surface area contributed by atoms with E-state index in [0.717, 1.165) is 13.0 Å². The molecule has 1 aliphatic heterocycles. The molecule has 0 amide bonds. The third-order valence-electron chi connectivity index (χ3n) is 4.50. The number of nitriles is 1. The highest BCUT2D eigenvalue weighted by molar-refractivity contribution is 7.44. The first-order valence-electron chi connectivity index (χ1n) is 9.62. The highest BCUT2D eigenvalue weighted by Crippen LogP contribution is 2.48. The van der Waals surface area contributed by atoms with Crippen molar-refractivity contribution < 1.29 is 13.8 Å². The molecule has 1 fully saturated rings. The summed E-state index contributed by atoms with van der Waals surface area (Å²) in [6.45, 7) is 17.4. The Bertz CT molecular complexity index is 440. The van der Waals surface area contributed by atoms with Gasteiger partial charge in [-0.2, -0.15) is 5.26 Å². The lowest BCUT2D eigenvalue weighted by Crippen LogP contribution is -2.46. The summed E-state index contributed by atoms with van der Waals surface area (Å²) in [6.07, 6.45) is 1.44. The largest absolute Gasteiger partial charge is 0.383 e. The van der Waals surface area contributed by atoms with Gasteiger partial charge in [-0.05, 0) is 54.9 Å². The molecule has 0 aromatic heterocycles. The molecule has 2 unspecified atom stereocenters. The summed E-state index contributed by atoms with van der Waals surface area (Å²) in [6, 6.07) is 3.14. The minimum absolute atomic E-state index is 0.0709. The molecular formula is C19H38N3O3P. The van der Waals surface area contributed by atoms with Crippen molar-refractivity contribution in [2.24, 2.45) is 0 Å². The van der Waals surface area contributed by atoms with Gasteiger partial charge in [0.25, 0.3) is 8.53 Å². The molecule has 7 heteroatoms. The van der Waals surface area contributed by atoms with Crippen molar-refractivity contribution in [3.8, 4) is 6.07 Å². The van der Waals surface area contributed by atoms with Crippen molar-refractivity contribution in [1.29, 1.82) is 5.26 Å². The van der Waals surface area contributed by atoms with Crippen LogP contribution in [-0.4, -0.2) is 66.2 Å². The quantitative estimate of drug-likeness (QED) is 0.414. The van der Waals surface area contributed by atoms with Gasteiger partial charge in [-0.3, -0.25) is 4.90 Å². The van der Waals surface area contributed by atoms with Gasteiger partial charge >= 0.3 is 0 Å². The van der Waals surface area contributed by atoms with Crippen LogP contribution in [0.1, 0.15) is 61.3 Å². The van der Waals surface area contributed by atoms with E-state index in [2.05, 4.69) is 64.1 Å². The average molecular weight is 388 g/mol. The fourth-order valence-corrected chi connectivity index (χ4v) is 5.26. The average Bonchev–Trinajstić information content (AvgIpc) is 2.90. The van der Waals surface area contributed by atoms with Crippen LogP contribution in [0.2, 0.25) is 0 Å². The van der Waals surface area contributed by atoms with Crippen molar-refractivity contribution in [2.75, 3.05) is 26.9 Å². The Labute approximate surface area is 161 Å². The first-order chi connectivity index (χ1) is 12.1. The molecule has 3 atom stereocenters. The fourth-order valence-electron chi connectivity index (χ4n) is 3.54. The van der Waals surface area contributed by atoms with Gasteiger partial charge in [0.2, 0.25) is 0 Å². The van der Waals surface area contributed by atoms with E-state index in [4.69, 9.17) is 19.0 Å². The third-order valence-corrected chi connectivity index (χ3v) is 6.68. The van der Waals surface area contributed by atoms with Crippen molar-refractivity contribution in [3.63, 3.8) is 0 Å². The molecule has 152 valence electrons. The first kappa shape index (κ1) is 23.8. The summed E-state index contributed by atoms with van der Waals surface area (Å²) in [4.78, 5) is 2.47. The van der Waals surface area contributed by atoms with Gasteiger partial charge in [-0.1, -0.05) is 0 Å². The number of hydrogen-bond donors (Lipinski definition) is 0. The summed E-state index contributed by atoms with van der Waals surface area (Å²) in [5.41, 5.74) is 0.0709. The molecule has 1 saturated heterocycles. The Morgan fingerprint density at radius 2 is 1.85 bits per heavy atom. The van der Waals surface area contributed by atoms with Gasteiger partial charge in [-0.25, -0.2) is 4.67 Å². The number of methoxy groups -OCH3 is 1. The summed E-state index contributed by atoms with van der Waals surface area (Å²) in [5.74, 6) is 0. The van der Waals surface area contributed by atoms with Gasteiger partial charge < -0.3 is 13.8 Å². The zero-order valence-corrected chi connectivity index (χ0v) is 18.8. The predicted octanol–water partition coefficient (Wildman–Crippen LogP) is 4.17. The molecule has 0 aliphatic carbocycles. The predicted molar refractivity (Wildman–Crippen MR) is 107 cm³/mol. The Morgan fingerprint density at radius 1 is 1.23 bits per heavy atom. The Balaban J connectivity index is 2.87. The van der Waals surface area contributed by atoms with Gasteiger partial charge in [0.05, 0.1) is 31.8 Å². The summed E-state index contributed by atoms with van der Waals surface area (Å²) in [7, 11) is 0.562. The fraction of sp³-hybridized carbons (Fsp3) is 0.947. The number of nitrogens with zero attached hydrogens (tertiary/aromatic N) is 3. The standard InChI is InChI=1S/C19H38N3O3P/c1-15(2)22(16(3)4)26(24-11-9-10-20)25-18-12-17(14-23-8)21(13-18)19(5,6)7/h15-18H,9,11-14H2,1-8H3/t17-,18?,26?/m0/s1. The van der Waals surface area contributed by atoms with Crippen molar-refractivity contribution in [3.05, 3.63) is 0 Å². The molecule has 1 aliphatic rings. The molecule has 0 aromatic carbocycles. The first-order valence-corrected chi connectivity index (χ1v) is 10.8. The van der Waals surface area contributed by atoms with Crippen molar-refractivity contribution >= 4 is 8.53 Å². The zero-order valence-electron chi connectivity index (χ0n) is 17.9. The van der Waals surface area contributed by atoms with Gasteiger partial charge in [0.15, 0.2) is 0 Å². The van der Waals surface area contributed by atoms with E-state index in [1.54, 1.807) is 7.11 Å². The van der Waals surface area contributed by atoms with Crippen LogP contribution in [0, 0.1) is 11.3 Å². The van der Waals surface area contributed by atoms with E-state index in [1.807, 2.05) is 0 Å². The second-order valence-corrected chi connectivity index (χ2v) is 9.85. The Kier molecular flexibility index (Phi) is 9.96. The van der Waals surface area contributed by atoms with Crippen LogP contribution < -0.4 is 0 Å². The molecule has 0 saturated carbocycles. The second kappa shape index (κ2) is 10.9. The molecule has 0 N–H and O–H groups in total. The van der Waals surface area contributed by atoms with Crippen LogP contribution in [0.4, 0.5) is 0 Å². The minimum atomic E-state index is -1.19. The highest BCUT2D eigenvalue weighted by Gasteiger charge is 2.41. The van der Waals surface area contributed by atoms with Gasteiger partial charge in [0, 0.05) is 37.3 Å². The number of hydrogen-bond acceptors (Lipinski definition) is 6. The smallest absolute Gasteiger partial charge is 0.259 e. The molecule has 1 rings (SSSR count). The molecule has 0 spiro atoms. The molecule has 6 nitrogen and oxygen atoms in total. The maximum Gasteiger partial charge on any atom is 0.259 e. The molecule has 0 aromatic rings. The lowest BCUT2D eigenvalue weighted by atomic mass is 10.1. The SMILES string of the molecule is COC[C@@H]1CC(OP(OCCC#N)N(C(C)C)C(C)C)CN1C(C)(C)C. The van der Waals surface area contributed by atoms with Crippen molar-refractivity contribution in [2.45, 2.75) is 91.1 Å². The van der Waals surface area contributed by atoms with Crippen LogP contribution in [0.3, 0.4) is 0 Å². The second-order valence-electron chi connectivity index (χ2n) is 8.44. The van der Waals surface area contributed by atoms with Gasteiger partial charge in [0.1, 0.15) is 0 Å². The van der Waals surface area contributed by atoms with E-state index >= 15 is 0 Å². The van der Waals surface area contributed by atoms with Gasteiger partial charge in [-0.15, -0.1) is 0 Å². The summed E-state index contributed by atoms with van der Waals surface area (Å²) in [5, 5.41) is 8.84. The zero-order chi connectivity index (χ0) is 19.9. The van der Waals surface area contributed by atoms with Crippen LogP contribution in [0.15, 0.2) is 0 Å². The highest BCUT2D eigenvalue weighted by atomic mass is 31.2. The van der Waals surface area contributed by atoms with E-state index in [0.29, 0.717) is 37.8 Å². The maximum absolute atomic E-state index is 8.84. The molecule has 26 heavy (non-hydrogen) atoms. The lowest BCUT2D eigenvalue weighted by Gasteiger charge is -2.37.